The van der Waals surface area contributed by atoms with Gasteiger partial charge in [0, 0.05) is 31.8 Å². The smallest absolute Gasteiger partial charge is 0.293 e. The molecule has 9 heteroatoms. The Hall–Kier alpha value is -1.71. The molecule has 0 radical (unpaired) electrons. The van der Waals surface area contributed by atoms with Crippen LogP contribution in [0.3, 0.4) is 0 Å². The van der Waals surface area contributed by atoms with Gasteiger partial charge >= 0.3 is 0 Å². The number of nitrogens with one attached hydrogen (secondary N) is 1. The standard InChI is InChI=1S/C19H31N3O5S/c1-3-21(4-2)28(26,27)16-10-11-18(19(14-16)22(24)25)20-17(12-13-23)15-8-6-5-7-9-15/h10-11,14-15,17,20,23H,3-9,12-13H2,1-2H3. The fourth-order valence-electron chi connectivity index (χ4n) is 3.96. The highest BCUT2D eigenvalue weighted by molar-refractivity contribution is 7.89. The molecule has 1 aromatic rings. The van der Waals surface area contributed by atoms with E-state index in [1.807, 2.05) is 0 Å². The number of hydrogen-bond donors (Lipinski definition) is 2. The summed E-state index contributed by atoms with van der Waals surface area (Å²) in [6.07, 6.45) is 6.00. The van der Waals surface area contributed by atoms with Crippen molar-refractivity contribution in [2.45, 2.75) is 63.3 Å². The summed E-state index contributed by atoms with van der Waals surface area (Å²) >= 11 is 0. The summed E-state index contributed by atoms with van der Waals surface area (Å²) in [4.78, 5) is 11.0. The van der Waals surface area contributed by atoms with Gasteiger partial charge in [0.2, 0.25) is 10.0 Å². The molecule has 0 aliphatic heterocycles. The highest BCUT2D eigenvalue weighted by Crippen LogP contribution is 2.34. The van der Waals surface area contributed by atoms with Gasteiger partial charge in [-0.3, -0.25) is 10.1 Å². The van der Waals surface area contributed by atoms with E-state index in [2.05, 4.69) is 5.32 Å². The van der Waals surface area contributed by atoms with Gasteiger partial charge in [-0.2, -0.15) is 4.31 Å². The summed E-state index contributed by atoms with van der Waals surface area (Å²) in [6, 6.07) is 3.95. The first-order valence-electron chi connectivity index (χ1n) is 10.0. The number of nitrogens with zero attached hydrogens (tertiary/aromatic N) is 2. The average molecular weight is 414 g/mol. The molecule has 1 aliphatic rings. The fourth-order valence-corrected chi connectivity index (χ4v) is 5.44. The molecule has 28 heavy (non-hydrogen) atoms. The van der Waals surface area contributed by atoms with Gasteiger partial charge in [0.1, 0.15) is 5.69 Å². The summed E-state index contributed by atoms with van der Waals surface area (Å²) in [7, 11) is -3.77. The van der Waals surface area contributed by atoms with E-state index in [-0.39, 0.29) is 23.2 Å². The van der Waals surface area contributed by atoms with Crippen molar-refractivity contribution in [1.82, 2.24) is 4.31 Å². The molecule has 0 heterocycles. The number of rotatable bonds is 10. The number of benzene rings is 1. The molecule has 0 spiro atoms. The highest BCUT2D eigenvalue weighted by Gasteiger charge is 2.28. The van der Waals surface area contributed by atoms with Crippen LogP contribution < -0.4 is 5.32 Å². The molecule has 0 saturated heterocycles. The number of anilines is 1. The van der Waals surface area contributed by atoms with Crippen LogP contribution in [0.4, 0.5) is 11.4 Å². The molecule has 2 N–H and O–H groups in total. The third kappa shape index (κ3) is 5.21. The van der Waals surface area contributed by atoms with E-state index in [1.54, 1.807) is 13.8 Å². The van der Waals surface area contributed by atoms with Gasteiger partial charge in [-0.05, 0) is 37.3 Å². The first-order valence-corrected chi connectivity index (χ1v) is 11.4. The molecule has 0 amide bonds. The van der Waals surface area contributed by atoms with Crippen LogP contribution in [0.15, 0.2) is 23.1 Å². The van der Waals surface area contributed by atoms with E-state index in [1.165, 1.54) is 22.9 Å². The summed E-state index contributed by atoms with van der Waals surface area (Å²) in [5, 5.41) is 24.3. The Morgan fingerprint density at radius 3 is 2.43 bits per heavy atom. The first-order chi connectivity index (χ1) is 13.3. The third-order valence-corrected chi connectivity index (χ3v) is 7.55. The van der Waals surface area contributed by atoms with Crippen molar-refractivity contribution >= 4 is 21.4 Å². The minimum absolute atomic E-state index is 0.00358. The molecule has 1 aromatic carbocycles. The van der Waals surface area contributed by atoms with Crippen LogP contribution in [0.2, 0.25) is 0 Å². The Labute approximate surface area is 167 Å². The van der Waals surface area contributed by atoms with Crippen LogP contribution in [0.5, 0.6) is 0 Å². The van der Waals surface area contributed by atoms with Crippen molar-refractivity contribution in [3.63, 3.8) is 0 Å². The Kier molecular flexibility index (Phi) is 8.21. The van der Waals surface area contributed by atoms with Crippen molar-refractivity contribution in [3.8, 4) is 0 Å². The van der Waals surface area contributed by atoms with Crippen molar-refractivity contribution in [3.05, 3.63) is 28.3 Å². The predicted octanol–water partition coefficient (Wildman–Crippen LogP) is 3.37. The minimum Gasteiger partial charge on any atom is -0.396 e. The second-order valence-electron chi connectivity index (χ2n) is 7.19. The van der Waals surface area contributed by atoms with Crippen molar-refractivity contribution in [1.29, 1.82) is 0 Å². The summed E-state index contributed by atoms with van der Waals surface area (Å²) < 4.78 is 26.7. The van der Waals surface area contributed by atoms with Gasteiger partial charge in [-0.25, -0.2) is 8.42 Å². The molecule has 1 atom stereocenters. The lowest BCUT2D eigenvalue weighted by atomic mass is 9.82. The highest BCUT2D eigenvalue weighted by atomic mass is 32.2. The fraction of sp³-hybridized carbons (Fsp3) is 0.684. The minimum atomic E-state index is -3.77. The lowest BCUT2D eigenvalue weighted by Crippen LogP contribution is -2.32. The maximum atomic E-state index is 12.7. The van der Waals surface area contributed by atoms with Crippen molar-refractivity contribution in [2.24, 2.45) is 5.92 Å². The topological polar surface area (TPSA) is 113 Å². The van der Waals surface area contributed by atoms with E-state index < -0.39 is 14.9 Å². The van der Waals surface area contributed by atoms with Crippen LogP contribution in [-0.2, 0) is 10.0 Å². The van der Waals surface area contributed by atoms with E-state index in [0.717, 1.165) is 31.7 Å². The van der Waals surface area contributed by atoms with Crippen molar-refractivity contribution < 1.29 is 18.4 Å². The number of hydrogen-bond acceptors (Lipinski definition) is 6. The maximum Gasteiger partial charge on any atom is 0.293 e. The van der Waals surface area contributed by atoms with Crippen LogP contribution in [0.25, 0.3) is 0 Å². The Bertz CT molecular complexity index is 759. The zero-order chi connectivity index (χ0) is 20.7. The Morgan fingerprint density at radius 2 is 1.89 bits per heavy atom. The third-order valence-electron chi connectivity index (χ3n) is 5.51. The lowest BCUT2D eigenvalue weighted by molar-refractivity contribution is -0.384. The first kappa shape index (κ1) is 22.6. The largest absolute Gasteiger partial charge is 0.396 e. The molecule has 0 aromatic heterocycles. The summed E-state index contributed by atoms with van der Waals surface area (Å²) in [5.74, 6) is 0.347. The number of nitro benzene ring substituents is 1. The monoisotopic (exact) mass is 413 g/mol. The molecule has 2 rings (SSSR count). The Balaban J connectivity index is 2.35. The van der Waals surface area contributed by atoms with Crippen LogP contribution >= 0.6 is 0 Å². The van der Waals surface area contributed by atoms with Gasteiger partial charge in [-0.15, -0.1) is 0 Å². The molecule has 1 saturated carbocycles. The second kappa shape index (κ2) is 10.2. The molecular formula is C19H31N3O5S. The quantitative estimate of drug-likeness (QED) is 0.449. The molecular weight excluding hydrogens is 382 g/mol. The molecule has 158 valence electrons. The molecule has 1 unspecified atom stereocenters. The van der Waals surface area contributed by atoms with Gasteiger partial charge in [0.05, 0.1) is 9.82 Å². The van der Waals surface area contributed by atoms with Gasteiger partial charge < -0.3 is 10.4 Å². The zero-order valence-corrected chi connectivity index (χ0v) is 17.5. The van der Waals surface area contributed by atoms with Crippen LogP contribution in [0, 0.1) is 16.0 Å². The summed E-state index contributed by atoms with van der Waals surface area (Å²) in [5.41, 5.74) is 0.0412. The van der Waals surface area contributed by atoms with Gasteiger partial charge in [0.15, 0.2) is 0 Å². The van der Waals surface area contributed by atoms with Gasteiger partial charge in [0.25, 0.3) is 5.69 Å². The molecule has 1 aliphatic carbocycles. The van der Waals surface area contributed by atoms with Crippen LogP contribution in [0.1, 0.15) is 52.4 Å². The van der Waals surface area contributed by atoms with E-state index in [9.17, 15) is 23.6 Å². The summed E-state index contributed by atoms with van der Waals surface area (Å²) in [6.45, 7) is 4.06. The Morgan fingerprint density at radius 1 is 1.25 bits per heavy atom. The number of sulfonamides is 1. The number of aliphatic hydroxyl groups excluding tert-OH is 1. The normalized spacial score (nSPS) is 16.9. The molecule has 1 fully saturated rings. The molecule has 8 nitrogen and oxygen atoms in total. The van der Waals surface area contributed by atoms with E-state index >= 15 is 0 Å². The average Bonchev–Trinajstić information content (AvgIpc) is 2.69. The van der Waals surface area contributed by atoms with E-state index in [0.29, 0.717) is 31.1 Å². The molecule has 0 bridgehead atoms. The van der Waals surface area contributed by atoms with Crippen LogP contribution in [-0.4, -0.2) is 48.5 Å². The van der Waals surface area contributed by atoms with Crippen molar-refractivity contribution in [2.75, 3.05) is 25.0 Å². The van der Waals surface area contributed by atoms with E-state index in [4.69, 9.17) is 0 Å². The predicted molar refractivity (Wildman–Crippen MR) is 109 cm³/mol. The SMILES string of the molecule is CCN(CC)S(=O)(=O)c1ccc(NC(CCO)C2CCCCC2)c([N+](=O)[O-])c1. The number of nitro groups is 1. The van der Waals surface area contributed by atoms with Gasteiger partial charge in [-0.1, -0.05) is 33.1 Å². The lowest BCUT2D eigenvalue weighted by Gasteiger charge is -2.31. The second-order valence-corrected chi connectivity index (χ2v) is 9.12. The zero-order valence-electron chi connectivity index (χ0n) is 16.6. The number of aliphatic hydroxyl groups is 1. The maximum absolute atomic E-state index is 12.7.